The summed E-state index contributed by atoms with van der Waals surface area (Å²) in [6, 6.07) is 4.98. The Bertz CT molecular complexity index is 445. The molecule has 1 aliphatic rings. The molecule has 1 aliphatic carbocycles. The number of carbonyl (C=O) groups excluding carboxylic acids is 1. The molecule has 0 aromatic heterocycles. The van der Waals surface area contributed by atoms with Crippen molar-refractivity contribution in [1.29, 1.82) is 0 Å². The van der Waals surface area contributed by atoms with Crippen LogP contribution in [0.15, 0.2) is 18.2 Å². The van der Waals surface area contributed by atoms with Crippen LogP contribution in [0.2, 0.25) is 0 Å². The SMILES string of the molecule is Cc1ccc(O)c(C(=O)NC2CCCC2CO)c1. The smallest absolute Gasteiger partial charge is 0.255 e. The molecule has 1 fully saturated rings. The number of rotatable bonds is 3. The summed E-state index contributed by atoms with van der Waals surface area (Å²) >= 11 is 0. The van der Waals surface area contributed by atoms with Gasteiger partial charge >= 0.3 is 0 Å². The first-order valence-corrected chi connectivity index (χ1v) is 6.33. The van der Waals surface area contributed by atoms with E-state index < -0.39 is 0 Å². The zero-order valence-electron chi connectivity index (χ0n) is 10.5. The molecular weight excluding hydrogens is 230 g/mol. The zero-order chi connectivity index (χ0) is 13.1. The monoisotopic (exact) mass is 249 g/mol. The molecule has 0 spiro atoms. The molecule has 1 aromatic carbocycles. The molecular formula is C14H19NO3. The van der Waals surface area contributed by atoms with Gasteiger partial charge in [-0.1, -0.05) is 18.1 Å². The number of aliphatic hydroxyl groups is 1. The van der Waals surface area contributed by atoms with Crippen LogP contribution in [0.5, 0.6) is 5.75 Å². The molecule has 0 radical (unpaired) electrons. The van der Waals surface area contributed by atoms with E-state index in [0.29, 0.717) is 5.56 Å². The second-order valence-electron chi connectivity index (χ2n) is 4.97. The van der Waals surface area contributed by atoms with Crippen molar-refractivity contribution < 1.29 is 15.0 Å². The standard InChI is InChI=1S/C14H19NO3/c1-9-5-6-13(17)11(7-9)14(18)15-12-4-2-3-10(12)8-16/h5-7,10,12,16-17H,2-4,8H2,1H3,(H,15,18). The summed E-state index contributed by atoms with van der Waals surface area (Å²) in [5.74, 6) is -0.126. The second kappa shape index (κ2) is 5.40. The van der Waals surface area contributed by atoms with Gasteiger partial charge in [0.2, 0.25) is 0 Å². The van der Waals surface area contributed by atoms with Crippen molar-refractivity contribution in [3.63, 3.8) is 0 Å². The van der Waals surface area contributed by atoms with E-state index in [9.17, 15) is 15.0 Å². The van der Waals surface area contributed by atoms with E-state index >= 15 is 0 Å². The Balaban J connectivity index is 2.09. The molecule has 4 heteroatoms. The molecule has 98 valence electrons. The lowest BCUT2D eigenvalue weighted by Gasteiger charge is -2.19. The molecule has 1 aromatic rings. The van der Waals surface area contributed by atoms with Crippen molar-refractivity contribution in [2.24, 2.45) is 5.92 Å². The Morgan fingerprint density at radius 3 is 2.94 bits per heavy atom. The van der Waals surface area contributed by atoms with Gasteiger partial charge in [0.15, 0.2) is 0 Å². The van der Waals surface area contributed by atoms with E-state index in [1.165, 1.54) is 6.07 Å². The first-order valence-electron chi connectivity index (χ1n) is 6.33. The number of nitrogens with one attached hydrogen (secondary N) is 1. The van der Waals surface area contributed by atoms with Gasteiger partial charge in [0.25, 0.3) is 5.91 Å². The van der Waals surface area contributed by atoms with Gasteiger partial charge in [0, 0.05) is 18.6 Å². The molecule has 0 bridgehead atoms. The Labute approximate surface area is 107 Å². The average molecular weight is 249 g/mol. The van der Waals surface area contributed by atoms with Crippen LogP contribution in [0.4, 0.5) is 0 Å². The van der Waals surface area contributed by atoms with Crippen LogP contribution in [0.25, 0.3) is 0 Å². The van der Waals surface area contributed by atoms with E-state index in [-0.39, 0.29) is 30.2 Å². The molecule has 1 amide bonds. The number of carbonyl (C=O) groups is 1. The number of amides is 1. The molecule has 1 saturated carbocycles. The highest BCUT2D eigenvalue weighted by Gasteiger charge is 2.28. The minimum Gasteiger partial charge on any atom is -0.507 e. The predicted octanol–water partition coefficient (Wildman–Crippen LogP) is 1.59. The fourth-order valence-corrected chi connectivity index (χ4v) is 2.52. The van der Waals surface area contributed by atoms with E-state index in [1.54, 1.807) is 12.1 Å². The molecule has 4 nitrogen and oxygen atoms in total. The molecule has 2 rings (SSSR count). The number of aromatic hydroxyl groups is 1. The van der Waals surface area contributed by atoms with Gasteiger partial charge in [-0.3, -0.25) is 4.79 Å². The third-order valence-electron chi connectivity index (χ3n) is 3.61. The number of phenols is 1. The van der Waals surface area contributed by atoms with Crippen molar-refractivity contribution in [2.45, 2.75) is 32.2 Å². The zero-order valence-corrected chi connectivity index (χ0v) is 10.5. The molecule has 0 heterocycles. The van der Waals surface area contributed by atoms with Crippen LogP contribution in [0.1, 0.15) is 35.2 Å². The highest BCUT2D eigenvalue weighted by Crippen LogP contribution is 2.26. The quantitative estimate of drug-likeness (QED) is 0.762. The van der Waals surface area contributed by atoms with E-state index in [0.717, 1.165) is 24.8 Å². The van der Waals surface area contributed by atoms with Crippen LogP contribution in [-0.4, -0.2) is 28.8 Å². The minimum atomic E-state index is -0.262. The Hall–Kier alpha value is -1.55. The number of aliphatic hydroxyl groups excluding tert-OH is 1. The normalized spacial score (nSPS) is 23.0. The fraction of sp³-hybridized carbons (Fsp3) is 0.500. The first-order chi connectivity index (χ1) is 8.61. The van der Waals surface area contributed by atoms with E-state index in [4.69, 9.17) is 0 Å². The number of benzene rings is 1. The highest BCUT2D eigenvalue weighted by molar-refractivity contribution is 5.97. The average Bonchev–Trinajstić information content (AvgIpc) is 2.79. The van der Waals surface area contributed by atoms with Crippen molar-refractivity contribution in [3.05, 3.63) is 29.3 Å². The summed E-state index contributed by atoms with van der Waals surface area (Å²) < 4.78 is 0. The Kier molecular flexibility index (Phi) is 3.87. The largest absolute Gasteiger partial charge is 0.507 e. The fourth-order valence-electron chi connectivity index (χ4n) is 2.52. The lowest BCUT2D eigenvalue weighted by molar-refractivity contribution is 0.0913. The van der Waals surface area contributed by atoms with Crippen LogP contribution in [0, 0.1) is 12.8 Å². The summed E-state index contributed by atoms with van der Waals surface area (Å²) in [5.41, 5.74) is 1.24. The second-order valence-corrected chi connectivity index (χ2v) is 4.97. The summed E-state index contributed by atoms with van der Waals surface area (Å²) in [4.78, 5) is 12.1. The Morgan fingerprint density at radius 1 is 1.44 bits per heavy atom. The van der Waals surface area contributed by atoms with Gasteiger partial charge in [0.05, 0.1) is 5.56 Å². The molecule has 18 heavy (non-hydrogen) atoms. The van der Waals surface area contributed by atoms with Crippen molar-refractivity contribution in [1.82, 2.24) is 5.32 Å². The summed E-state index contributed by atoms with van der Waals surface area (Å²) in [5, 5.41) is 21.8. The third kappa shape index (κ3) is 2.64. The summed E-state index contributed by atoms with van der Waals surface area (Å²) in [7, 11) is 0. The van der Waals surface area contributed by atoms with Gasteiger partial charge < -0.3 is 15.5 Å². The maximum Gasteiger partial charge on any atom is 0.255 e. The highest BCUT2D eigenvalue weighted by atomic mass is 16.3. The predicted molar refractivity (Wildman–Crippen MR) is 68.5 cm³/mol. The minimum absolute atomic E-state index is 0.00311. The third-order valence-corrected chi connectivity index (χ3v) is 3.61. The molecule has 2 atom stereocenters. The van der Waals surface area contributed by atoms with Gasteiger partial charge in [0.1, 0.15) is 5.75 Å². The molecule has 3 N–H and O–H groups in total. The van der Waals surface area contributed by atoms with Gasteiger partial charge in [-0.25, -0.2) is 0 Å². The summed E-state index contributed by atoms with van der Waals surface area (Å²) in [6.45, 7) is 1.98. The lowest BCUT2D eigenvalue weighted by atomic mass is 10.0. The van der Waals surface area contributed by atoms with E-state index in [2.05, 4.69) is 5.32 Å². The maximum atomic E-state index is 12.1. The molecule has 2 unspecified atom stereocenters. The van der Waals surface area contributed by atoms with E-state index in [1.807, 2.05) is 6.92 Å². The van der Waals surface area contributed by atoms with Crippen LogP contribution in [-0.2, 0) is 0 Å². The van der Waals surface area contributed by atoms with Crippen LogP contribution < -0.4 is 5.32 Å². The van der Waals surface area contributed by atoms with Gasteiger partial charge in [-0.2, -0.15) is 0 Å². The molecule has 0 aliphatic heterocycles. The number of phenolic OH excluding ortho intramolecular Hbond substituents is 1. The van der Waals surface area contributed by atoms with Crippen molar-refractivity contribution in [3.8, 4) is 5.75 Å². The number of hydrogen-bond donors (Lipinski definition) is 3. The molecule has 0 saturated heterocycles. The Morgan fingerprint density at radius 2 is 2.22 bits per heavy atom. The first kappa shape index (κ1) is 12.9. The van der Waals surface area contributed by atoms with Crippen LogP contribution in [0.3, 0.4) is 0 Å². The maximum absolute atomic E-state index is 12.1. The summed E-state index contributed by atoms with van der Waals surface area (Å²) in [6.07, 6.45) is 2.86. The number of aryl methyl sites for hydroxylation is 1. The van der Waals surface area contributed by atoms with Gasteiger partial charge in [-0.05, 0) is 31.9 Å². The lowest BCUT2D eigenvalue weighted by Crippen LogP contribution is -2.38. The van der Waals surface area contributed by atoms with Crippen LogP contribution >= 0.6 is 0 Å². The van der Waals surface area contributed by atoms with Crippen molar-refractivity contribution >= 4 is 5.91 Å². The van der Waals surface area contributed by atoms with Crippen molar-refractivity contribution in [2.75, 3.05) is 6.61 Å². The topological polar surface area (TPSA) is 69.6 Å². The van der Waals surface area contributed by atoms with Gasteiger partial charge in [-0.15, -0.1) is 0 Å². The number of hydrogen-bond acceptors (Lipinski definition) is 3.